The number of nitrogens with two attached hydrogens (primary N) is 1. The monoisotopic (exact) mass is 239 g/mol. The van der Waals surface area contributed by atoms with E-state index in [0.717, 1.165) is 31.2 Å². The summed E-state index contributed by atoms with van der Waals surface area (Å²) in [5.41, 5.74) is 6.78. The largest absolute Gasteiger partial charge is 0.399 e. The molecule has 0 atom stereocenters. The fourth-order valence-electron chi connectivity index (χ4n) is 2.79. The van der Waals surface area contributed by atoms with E-state index in [0.29, 0.717) is 18.0 Å². The average molecular weight is 239 g/mol. The van der Waals surface area contributed by atoms with Gasteiger partial charge in [-0.2, -0.15) is 0 Å². The summed E-state index contributed by atoms with van der Waals surface area (Å²) in [5.74, 6) is 0.582. The molecule has 0 aliphatic heterocycles. The first-order valence-electron chi connectivity index (χ1n) is 6.31. The van der Waals surface area contributed by atoms with E-state index in [2.05, 4.69) is 0 Å². The van der Waals surface area contributed by atoms with Gasteiger partial charge in [-0.15, -0.1) is 0 Å². The Morgan fingerprint density at radius 3 is 2.47 bits per heavy atom. The van der Waals surface area contributed by atoms with Gasteiger partial charge in [0, 0.05) is 5.69 Å². The summed E-state index contributed by atoms with van der Waals surface area (Å²) in [6, 6.07) is 4.94. The van der Waals surface area contributed by atoms with Crippen LogP contribution in [0.5, 0.6) is 0 Å². The number of nitrogen functional groups attached to an aromatic ring is 1. The van der Waals surface area contributed by atoms with Gasteiger partial charge in [0.15, 0.2) is 0 Å². The number of halogens is 2. The van der Waals surface area contributed by atoms with Crippen LogP contribution in [0.4, 0.5) is 14.5 Å². The number of hydrogen-bond donors (Lipinski definition) is 1. The van der Waals surface area contributed by atoms with Crippen molar-refractivity contribution in [3.05, 3.63) is 29.6 Å². The molecular weight excluding hydrogens is 220 g/mol. The van der Waals surface area contributed by atoms with Crippen LogP contribution < -0.4 is 5.73 Å². The fourth-order valence-corrected chi connectivity index (χ4v) is 2.79. The highest BCUT2D eigenvalue weighted by molar-refractivity contribution is 5.41. The van der Waals surface area contributed by atoms with E-state index in [9.17, 15) is 8.78 Å². The van der Waals surface area contributed by atoms with Crippen molar-refractivity contribution in [2.24, 2.45) is 5.92 Å². The quantitative estimate of drug-likeness (QED) is 0.791. The molecule has 0 amide bonds. The first-order valence-corrected chi connectivity index (χ1v) is 6.31. The van der Waals surface area contributed by atoms with Gasteiger partial charge in [-0.25, -0.2) is 4.39 Å². The highest BCUT2D eigenvalue weighted by Crippen LogP contribution is 2.38. The van der Waals surface area contributed by atoms with Crippen molar-refractivity contribution in [2.45, 2.75) is 38.0 Å². The van der Waals surface area contributed by atoms with Crippen molar-refractivity contribution in [2.75, 3.05) is 12.4 Å². The van der Waals surface area contributed by atoms with Crippen molar-refractivity contribution in [3.63, 3.8) is 0 Å². The molecule has 0 heterocycles. The Hall–Kier alpha value is -1.12. The zero-order chi connectivity index (χ0) is 12.3. The maximum absolute atomic E-state index is 13.7. The van der Waals surface area contributed by atoms with Gasteiger partial charge in [-0.1, -0.05) is 6.07 Å². The Kier molecular flexibility index (Phi) is 3.97. The van der Waals surface area contributed by atoms with Crippen LogP contribution in [0.25, 0.3) is 0 Å². The minimum atomic E-state index is -0.231. The first-order chi connectivity index (χ1) is 8.20. The normalized spacial score (nSPS) is 24.8. The van der Waals surface area contributed by atoms with Crippen molar-refractivity contribution in [1.82, 2.24) is 0 Å². The van der Waals surface area contributed by atoms with Crippen molar-refractivity contribution < 1.29 is 8.78 Å². The molecule has 2 rings (SSSR count). The molecule has 1 aliphatic rings. The van der Waals surface area contributed by atoms with Gasteiger partial charge >= 0.3 is 0 Å². The topological polar surface area (TPSA) is 26.0 Å². The lowest BCUT2D eigenvalue weighted by Crippen LogP contribution is -2.14. The molecule has 1 fully saturated rings. The van der Waals surface area contributed by atoms with E-state index in [1.807, 2.05) is 0 Å². The molecule has 1 aromatic carbocycles. The minimum Gasteiger partial charge on any atom is -0.399 e. The molecule has 0 spiro atoms. The predicted octanol–water partition coefficient (Wildman–Crippen LogP) is 4.04. The van der Waals surface area contributed by atoms with Crippen molar-refractivity contribution in [1.29, 1.82) is 0 Å². The van der Waals surface area contributed by atoms with Crippen LogP contribution >= 0.6 is 0 Å². The van der Waals surface area contributed by atoms with Gasteiger partial charge in [0.25, 0.3) is 0 Å². The lowest BCUT2D eigenvalue weighted by molar-refractivity contribution is 0.281. The van der Waals surface area contributed by atoms with Crippen molar-refractivity contribution >= 4 is 5.69 Å². The number of anilines is 1. The van der Waals surface area contributed by atoms with Gasteiger partial charge in [-0.05, 0) is 61.6 Å². The van der Waals surface area contributed by atoms with Crippen LogP contribution in [-0.4, -0.2) is 6.67 Å². The maximum atomic E-state index is 13.7. The third-order valence-corrected chi connectivity index (χ3v) is 3.83. The van der Waals surface area contributed by atoms with Gasteiger partial charge in [0.2, 0.25) is 0 Å². The molecule has 1 saturated carbocycles. The summed E-state index contributed by atoms with van der Waals surface area (Å²) in [6.07, 6.45) is 4.62. The highest BCUT2D eigenvalue weighted by atomic mass is 19.1. The minimum absolute atomic E-state index is 0.195. The summed E-state index contributed by atoms with van der Waals surface area (Å²) in [6.45, 7) is -0.231. The first kappa shape index (κ1) is 12.3. The smallest absolute Gasteiger partial charge is 0.128 e. The molecule has 17 heavy (non-hydrogen) atoms. The molecular formula is C14H19F2N. The van der Waals surface area contributed by atoms with Crippen LogP contribution in [0.1, 0.15) is 43.6 Å². The zero-order valence-corrected chi connectivity index (χ0v) is 9.96. The second-order valence-electron chi connectivity index (χ2n) is 4.98. The lowest BCUT2D eigenvalue weighted by atomic mass is 9.77. The SMILES string of the molecule is Nc1ccc(C2CCC(CCF)CC2)c(F)c1. The maximum Gasteiger partial charge on any atom is 0.128 e. The van der Waals surface area contributed by atoms with Gasteiger partial charge in [-0.3, -0.25) is 4.39 Å². The average Bonchev–Trinajstić information content (AvgIpc) is 2.31. The zero-order valence-electron chi connectivity index (χ0n) is 9.96. The van der Waals surface area contributed by atoms with E-state index in [1.165, 1.54) is 6.07 Å². The standard InChI is InChI=1S/C14H19F2N/c15-8-7-10-1-3-11(4-2-10)13-6-5-12(17)9-14(13)16/h5-6,9-11H,1-4,7-8,17H2. The molecule has 94 valence electrons. The van der Waals surface area contributed by atoms with Crippen LogP contribution in [0.3, 0.4) is 0 Å². The summed E-state index contributed by atoms with van der Waals surface area (Å²) >= 11 is 0. The fraction of sp³-hybridized carbons (Fsp3) is 0.571. The van der Waals surface area contributed by atoms with E-state index in [4.69, 9.17) is 5.73 Å². The molecule has 1 aliphatic carbocycles. The van der Waals surface area contributed by atoms with Crippen LogP contribution in [-0.2, 0) is 0 Å². The lowest BCUT2D eigenvalue weighted by Gasteiger charge is -2.28. The summed E-state index contributed by atoms with van der Waals surface area (Å²) < 4.78 is 26.0. The number of benzene rings is 1. The van der Waals surface area contributed by atoms with Crippen molar-refractivity contribution in [3.8, 4) is 0 Å². The molecule has 1 aromatic rings. The van der Waals surface area contributed by atoms with E-state index < -0.39 is 0 Å². The third-order valence-electron chi connectivity index (χ3n) is 3.83. The second-order valence-corrected chi connectivity index (χ2v) is 4.98. The Labute approximate surface area is 101 Å². The molecule has 0 bridgehead atoms. The Balaban J connectivity index is 2.00. The molecule has 2 N–H and O–H groups in total. The molecule has 0 aromatic heterocycles. The summed E-state index contributed by atoms with van der Waals surface area (Å²) in [4.78, 5) is 0. The number of rotatable bonds is 3. The Morgan fingerprint density at radius 1 is 1.18 bits per heavy atom. The molecule has 0 unspecified atom stereocenters. The second kappa shape index (κ2) is 5.48. The van der Waals surface area contributed by atoms with Crippen LogP contribution in [0, 0.1) is 11.7 Å². The highest BCUT2D eigenvalue weighted by Gasteiger charge is 2.23. The molecule has 0 saturated heterocycles. The molecule has 0 radical (unpaired) electrons. The number of alkyl halides is 1. The predicted molar refractivity (Wildman–Crippen MR) is 66.1 cm³/mol. The van der Waals surface area contributed by atoms with E-state index in [-0.39, 0.29) is 18.4 Å². The van der Waals surface area contributed by atoms with E-state index in [1.54, 1.807) is 12.1 Å². The van der Waals surface area contributed by atoms with Gasteiger partial charge in [0.1, 0.15) is 5.82 Å². The van der Waals surface area contributed by atoms with Gasteiger partial charge < -0.3 is 5.73 Å². The molecule has 1 nitrogen and oxygen atoms in total. The molecule has 3 heteroatoms. The van der Waals surface area contributed by atoms with Crippen LogP contribution in [0.15, 0.2) is 18.2 Å². The summed E-state index contributed by atoms with van der Waals surface area (Å²) in [7, 11) is 0. The summed E-state index contributed by atoms with van der Waals surface area (Å²) in [5, 5.41) is 0. The van der Waals surface area contributed by atoms with Crippen LogP contribution in [0.2, 0.25) is 0 Å². The Morgan fingerprint density at radius 2 is 1.88 bits per heavy atom. The van der Waals surface area contributed by atoms with Gasteiger partial charge in [0.05, 0.1) is 6.67 Å². The third kappa shape index (κ3) is 2.96. The number of hydrogen-bond acceptors (Lipinski definition) is 1. The van der Waals surface area contributed by atoms with E-state index >= 15 is 0 Å². The Bertz CT molecular complexity index is 370.